The topological polar surface area (TPSA) is 74.2 Å². The normalized spacial score (nSPS) is 11.7. The van der Waals surface area contributed by atoms with E-state index in [-0.39, 0.29) is 29.6 Å². The quantitative estimate of drug-likeness (QED) is 0.935. The van der Waals surface area contributed by atoms with E-state index >= 15 is 0 Å². The maximum atomic E-state index is 13.8. The first kappa shape index (κ1) is 14.3. The third-order valence-electron chi connectivity index (χ3n) is 2.64. The lowest BCUT2D eigenvalue weighted by molar-refractivity contribution is 0.0171. The molecule has 1 aromatic carbocycles. The van der Waals surface area contributed by atoms with Crippen molar-refractivity contribution in [2.45, 2.75) is 19.4 Å². The van der Waals surface area contributed by atoms with Gasteiger partial charge in [-0.15, -0.1) is 0 Å². The molecule has 5 nitrogen and oxygen atoms in total. The Kier molecular flexibility index (Phi) is 3.67. The molecule has 108 valence electrons. The fourth-order valence-electron chi connectivity index (χ4n) is 1.67. The van der Waals surface area contributed by atoms with Crippen molar-refractivity contribution in [2.24, 2.45) is 5.73 Å². The van der Waals surface area contributed by atoms with Crippen LogP contribution in [0.15, 0.2) is 16.7 Å². The lowest BCUT2D eigenvalue weighted by atomic mass is 10.0. The number of hydrogen-bond donors (Lipinski definition) is 1. The zero-order chi connectivity index (χ0) is 14.9. The molecule has 1 aromatic heterocycles. The summed E-state index contributed by atoms with van der Waals surface area (Å²) in [5.74, 6) is -4.33. The van der Waals surface area contributed by atoms with Gasteiger partial charge < -0.3 is 15.0 Å². The van der Waals surface area contributed by atoms with E-state index in [4.69, 9.17) is 15.0 Å². The molecule has 2 N–H and O–H groups in total. The van der Waals surface area contributed by atoms with Crippen LogP contribution in [0.5, 0.6) is 5.75 Å². The van der Waals surface area contributed by atoms with Crippen LogP contribution in [0, 0.1) is 5.82 Å². The van der Waals surface area contributed by atoms with E-state index in [0.717, 1.165) is 6.07 Å². The maximum Gasteiger partial charge on any atom is 0.270 e. The second-order valence-electron chi connectivity index (χ2n) is 4.14. The maximum absolute atomic E-state index is 13.8. The van der Waals surface area contributed by atoms with Gasteiger partial charge >= 0.3 is 0 Å². The molecule has 0 aliphatic heterocycles. The number of ether oxygens (including phenoxy) is 1. The lowest BCUT2D eigenvalue weighted by Gasteiger charge is -2.14. The van der Waals surface area contributed by atoms with Gasteiger partial charge in [0, 0.05) is 12.5 Å². The molecule has 0 radical (unpaired) electrons. The predicted octanol–water partition coefficient (Wildman–Crippen LogP) is 2.45. The molecule has 0 atom stereocenters. The molecule has 0 saturated heterocycles. The van der Waals surface area contributed by atoms with Crippen molar-refractivity contribution in [1.82, 2.24) is 10.1 Å². The average molecular weight is 287 g/mol. The number of hydrogen-bond acceptors (Lipinski definition) is 5. The summed E-state index contributed by atoms with van der Waals surface area (Å²) in [4.78, 5) is 3.88. The highest BCUT2D eigenvalue weighted by Gasteiger charge is 2.28. The fourth-order valence-corrected chi connectivity index (χ4v) is 1.67. The molecule has 8 heteroatoms. The summed E-state index contributed by atoms with van der Waals surface area (Å²) in [5, 5.41) is 3.57. The molecular formula is C12H12F3N3O2. The van der Waals surface area contributed by atoms with Crippen LogP contribution in [0.2, 0.25) is 0 Å². The van der Waals surface area contributed by atoms with Crippen LogP contribution in [0.25, 0.3) is 11.4 Å². The second kappa shape index (κ2) is 5.12. The van der Waals surface area contributed by atoms with E-state index in [1.807, 2.05) is 0 Å². The first-order chi connectivity index (χ1) is 9.36. The van der Waals surface area contributed by atoms with Gasteiger partial charge in [0.1, 0.15) is 0 Å². The largest absolute Gasteiger partial charge is 0.493 e. The van der Waals surface area contributed by atoms with Gasteiger partial charge in [-0.25, -0.2) is 13.2 Å². The molecule has 0 amide bonds. The Morgan fingerprint density at radius 2 is 2.10 bits per heavy atom. The molecular weight excluding hydrogens is 275 g/mol. The third-order valence-corrected chi connectivity index (χ3v) is 2.64. The fraction of sp³-hybridized carbons (Fsp3) is 0.333. The van der Waals surface area contributed by atoms with E-state index in [9.17, 15) is 13.2 Å². The molecule has 2 aromatic rings. The van der Waals surface area contributed by atoms with Crippen LogP contribution in [-0.4, -0.2) is 17.3 Å². The Bertz CT molecular complexity index is 623. The van der Waals surface area contributed by atoms with Gasteiger partial charge in [0.2, 0.25) is 11.7 Å². The smallest absolute Gasteiger partial charge is 0.270 e. The molecule has 0 fully saturated rings. The number of aromatic nitrogens is 2. The predicted molar refractivity (Wildman–Crippen MR) is 63.7 cm³/mol. The number of rotatable bonds is 4. The van der Waals surface area contributed by atoms with E-state index < -0.39 is 17.3 Å². The van der Waals surface area contributed by atoms with Gasteiger partial charge in [0.25, 0.3) is 5.92 Å². The monoisotopic (exact) mass is 287 g/mol. The lowest BCUT2D eigenvalue weighted by Crippen LogP contribution is -2.09. The Labute approximate surface area is 112 Å². The SMILES string of the molecule is COc1c(F)cc(C(C)(F)F)cc1-c1noc(CN)n1. The molecule has 0 aliphatic rings. The highest BCUT2D eigenvalue weighted by atomic mass is 19.3. The Hall–Kier alpha value is -2.09. The average Bonchev–Trinajstić information content (AvgIpc) is 2.85. The Morgan fingerprint density at radius 3 is 2.60 bits per heavy atom. The molecule has 0 bridgehead atoms. The summed E-state index contributed by atoms with van der Waals surface area (Å²) in [7, 11) is 1.22. The van der Waals surface area contributed by atoms with Crippen molar-refractivity contribution in [2.75, 3.05) is 7.11 Å². The summed E-state index contributed by atoms with van der Waals surface area (Å²) in [5.41, 5.74) is 4.79. The van der Waals surface area contributed by atoms with E-state index in [2.05, 4.69) is 10.1 Å². The van der Waals surface area contributed by atoms with Gasteiger partial charge in [0.15, 0.2) is 11.6 Å². The van der Waals surface area contributed by atoms with Crippen molar-refractivity contribution in [3.63, 3.8) is 0 Å². The minimum absolute atomic E-state index is 0.0125. The van der Waals surface area contributed by atoms with Gasteiger partial charge in [0.05, 0.1) is 19.2 Å². The van der Waals surface area contributed by atoms with Crippen molar-refractivity contribution in [3.8, 4) is 17.1 Å². The van der Waals surface area contributed by atoms with E-state index in [0.29, 0.717) is 13.0 Å². The summed E-state index contributed by atoms with van der Waals surface area (Å²) in [6.45, 7) is 0.654. The van der Waals surface area contributed by atoms with Gasteiger partial charge in [-0.1, -0.05) is 5.16 Å². The number of nitrogens with zero attached hydrogens (tertiary/aromatic N) is 2. The second-order valence-corrected chi connectivity index (χ2v) is 4.14. The molecule has 1 heterocycles. The Balaban J connectivity index is 2.63. The molecule has 0 spiro atoms. The van der Waals surface area contributed by atoms with Crippen LogP contribution in [0.3, 0.4) is 0 Å². The number of benzene rings is 1. The first-order valence-electron chi connectivity index (χ1n) is 5.65. The van der Waals surface area contributed by atoms with Gasteiger partial charge in [-0.05, 0) is 12.1 Å². The van der Waals surface area contributed by atoms with Crippen LogP contribution >= 0.6 is 0 Å². The molecule has 0 unspecified atom stereocenters. The highest BCUT2D eigenvalue weighted by molar-refractivity contribution is 5.65. The van der Waals surface area contributed by atoms with Crippen molar-refractivity contribution < 1.29 is 22.4 Å². The zero-order valence-corrected chi connectivity index (χ0v) is 10.8. The Morgan fingerprint density at radius 1 is 1.40 bits per heavy atom. The summed E-state index contributed by atoms with van der Waals surface area (Å²) in [6.07, 6.45) is 0. The number of nitrogens with two attached hydrogens (primary N) is 1. The van der Waals surface area contributed by atoms with Gasteiger partial charge in [-0.3, -0.25) is 0 Å². The van der Waals surface area contributed by atoms with Gasteiger partial charge in [-0.2, -0.15) is 4.98 Å². The molecule has 20 heavy (non-hydrogen) atoms. The van der Waals surface area contributed by atoms with Crippen molar-refractivity contribution in [3.05, 3.63) is 29.4 Å². The van der Waals surface area contributed by atoms with Crippen LogP contribution in [0.4, 0.5) is 13.2 Å². The van der Waals surface area contributed by atoms with Crippen LogP contribution < -0.4 is 10.5 Å². The molecule has 2 rings (SSSR count). The first-order valence-corrected chi connectivity index (χ1v) is 5.65. The summed E-state index contributed by atoms with van der Waals surface area (Å²) >= 11 is 0. The molecule has 0 saturated carbocycles. The minimum atomic E-state index is -3.21. The zero-order valence-electron chi connectivity index (χ0n) is 10.8. The number of halogens is 3. The molecule has 0 aliphatic carbocycles. The highest BCUT2D eigenvalue weighted by Crippen LogP contribution is 2.37. The van der Waals surface area contributed by atoms with Crippen LogP contribution in [-0.2, 0) is 12.5 Å². The summed E-state index contributed by atoms with van der Waals surface area (Å²) < 4.78 is 50.2. The minimum Gasteiger partial charge on any atom is -0.493 e. The number of methoxy groups -OCH3 is 1. The van der Waals surface area contributed by atoms with E-state index in [1.54, 1.807) is 0 Å². The van der Waals surface area contributed by atoms with Crippen molar-refractivity contribution in [1.29, 1.82) is 0 Å². The van der Waals surface area contributed by atoms with E-state index in [1.165, 1.54) is 7.11 Å². The third kappa shape index (κ3) is 2.60. The standard InChI is InChI=1S/C12H12F3N3O2/c1-12(14,15)6-3-7(10(19-2)8(13)4-6)11-17-9(5-16)20-18-11/h3-4H,5,16H2,1-2H3. The van der Waals surface area contributed by atoms with Crippen LogP contribution in [0.1, 0.15) is 18.4 Å². The summed E-state index contributed by atoms with van der Waals surface area (Å²) in [6, 6.07) is 1.78. The number of alkyl halides is 2. The van der Waals surface area contributed by atoms with Crippen molar-refractivity contribution >= 4 is 0 Å².